The Morgan fingerprint density at radius 1 is 1.29 bits per heavy atom. The second kappa shape index (κ2) is 6.94. The zero-order valence-electron chi connectivity index (χ0n) is 13.6. The van der Waals surface area contributed by atoms with E-state index in [9.17, 15) is 4.79 Å². The lowest BCUT2D eigenvalue weighted by molar-refractivity contribution is 0.0962. The van der Waals surface area contributed by atoms with Crippen LogP contribution in [0.1, 0.15) is 42.6 Å². The van der Waals surface area contributed by atoms with Crippen molar-refractivity contribution in [3.63, 3.8) is 0 Å². The highest BCUT2D eigenvalue weighted by molar-refractivity contribution is 5.96. The number of amides is 1. The van der Waals surface area contributed by atoms with Gasteiger partial charge in [-0.05, 0) is 51.3 Å². The smallest absolute Gasteiger partial charge is 0.251 e. The molecule has 0 unspecified atom stereocenters. The van der Waals surface area contributed by atoms with Gasteiger partial charge in [0.15, 0.2) is 0 Å². The molecule has 1 aliphatic heterocycles. The van der Waals surface area contributed by atoms with Crippen molar-refractivity contribution in [2.45, 2.75) is 45.7 Å². The number of carbonyl (C=O) groups excluding carboxylic acids is 1. The van der Waals surface area contributed by atoms with Crippen molar-refractivity contribution in [2.24, 2.45) is 0 Å². The van der Waals surface area contributed by atoms with Gasteiger partial charge in [0, 0.05) is 43.5 Å². The summed E-state index contributed by atoms with van der Waals surface area (Å²) in [6.07, 6.45) is 2.31. The van der Waals surface area contributed by atoms with Gasteiger partial charge in [-0.25, -0.2) is 0 Å². The highest BCUT2D eigenvalue weighted by Gasteiger charge is 2.21. The number of nitrogens with zero attached hydrogens (tertiary/aromatic N) is 1. The molecule has 116 valence electrons. The fourth-order valence-electron chi connectivity index (χ4n) is 2.95. The van der Waals surface area contributed by atoms with Crippen molar-refractivity contribution in [2.75, 3.05) is 25.5 Å². The zero-order valence-corrected chi connectivity index (χ0v) is 13.6. The number of carbonyl (C=O) groups is 1. The lowest BCUT2D eigenvalue weighted by Gasteiger charge is -2.35. The molecule has 2 rings (SSSR count). The zero-order chi connectivity index (χ0) is 15.4. The number of hydrogen-bond donors (Lipinski definition) is 2. The van der Waals surface area contributed by atoms with Gasteiger partial charge in [-0.3, -0.25) is 4.79 Å². The van der Waals surface area contributed by atoms with Gasteiger partial charge in [-0.2, -0.15) is 0 Å². The molecular formula is C17H27N3O. The average molecular weight is 289 g/mol. The molecule has 1 fully saturated rings. The highest BCUT2D eigenvalue weighted by Crippen LogP contribution is 2.23. The first-order chi connectivity index (χ1) is 10.0. The van der Waals surface area contributed by atoms with Crippen molar-refractivity contribution in [1.82, 2.24) is 10.2 Å². The number of rotatable bonds is 4. The number of nitrogens with one attached hydrogen (secondary N) is 2. The fourth-order valence-corrected chi connectivity index (χ4v) is 2.95. The first-order valence-corrected chi connectivity index (χ1v) is 7.85. The molecule has 4 nitrogen and oxygen atoms in total. The summed E-state index contributed by atoms with van der Waals surface area (Å²) in [5.74, 6) is -0.0224. The predicted octanol–water partition coefficient (Wildman–Crippen LogP) is 2.64. The number of piperidine rings is 1. The Labute approximate surface area is 127 Å². The van der Waals surface area contributed by atoms with Gasteiger partial charge in [-0.1, -0.05) is 6.07 Å². The van der Waals surface area contributed by atoms with Gasteiger partial charge in [0.05, 0.1) is 0 Å². The molecule has 0 aliphatic carbocycles. The molecule has 0 atom stereocenters. The van der Waals surface area contributed by atoms with E-state index >= 15 is 0 Å². The number of anilines is 1. The number of benzene rings is 1. The van der Waals surface area contributed by atoms with Gasteiger partial charge in [0.1, 0.15) is 0 Å². The van der Waals surface area contributed by atoms with E-state index in [0.717, 1.165) is 42.7 Å². The molecular weight excluding hydrogens is 262 g/mol. The Bertz CT molecular complexity index is 491. The third-order valence-corrected chi connectivity index (χ3v) is 4.42. The Morgan fingerprint density at radius 3 is 2.52 bits per heavy atom. The minimum absolute atomic E-state index is 0.0224. The minimum atomic E-state index is -0.0224. The van der Waals surface area contributed by atoms with E-state index in [-0.39, 0.29) is 5.91 Å². The number of likely N-dealkylation sites (tertiary alicyclic amines) is 1. The average Bonchev–Trinajstić information content (AvgIpc) is 2.49. The highest BCUT2D eigenvalue weighted by atomic mass is 16.1. The standard InChI is InChI=1S/C17H27N3O/c1-12(2)20-10-8-14(9-11-20)19-16-7-5-6-15(13(16)3)17(21)18-4/h5-7,12,14,19H,8-11H2,1-4H3,(H,18,21). The SMILES string of the molecule is CNC(=O)c1cccc(NC2CCN(C(C)C)CC2)c1C. The summed E-state index contributed by atoms with van der Waals surface area (Å²) < 4.78 is 0. The normalized spacial score (nSPS) is 17.0. The Hall–Kier alpha value is -1.55. The Morgan fingerprint density at radius 2 is 1.95 bits per heavy atom. The summed E-state index contributed by atoms with van der Waals surface area (Å²) in [5, 5.41) is 6.32. The van der Waals surface area contributed by atoms with Crippen LogP contribution in [0.4, 0.5) is 5.69 Å². The van der Waals surface area contributed by atoms with E-state index in [2.05, 4.69) is 35.4 Å². The summed E-state index contributed by atoms with van der Waals surface area (Å²) >= 11 is 0. The molecule has 21 heavy (non-hydrogen) atoms. The molecule has 1 amide bonds. The molecule has 0 spiro atoms. The molecule has 1 saturated heterocycles. The second-order valence-corrected chi connectivity index (χ2v) is 6.11. The van der Waals surface area contributed by atoms with Crippen molar-refractivity contribution in [1.29, 1.82) is 0 Å². The fraction of sp³-hybridized carbons (Fsp3) is 0.588. The van der Waals surface area contributed by atoms with E-state index in [4.69, 9.17) is 0 Å². The largest absolute Gasteiger partial charge is 0.382 e. The van der Waals surface area contributed by atoms with Crippen LogP contribution in [0.5, 0.6) is 0 Å². The summed E-state index contributed by atoms with van der Waals surface area (Å²) in [7, 11) is 1.67. The van der Waals surface area contributed by atoms with Crippen LogP contribution >= 0.6 is 0 Å². The predicted molar refractivity (Wildman–Crippen MR) is 87.9 cm³/mol. The maximum absolute atomic E-state index is 11.9. The molecule has 0 bridgehead atoms. The van der Waals surface area contributed by atoms with Crippen molar-refractivity contribution in [3.8, 4) is 0 Å². The first-order valence-electron chi connectivity index (χ1n) is 7.85. The second-order valence-electron chi connectivity index (χ2n) is 6.11. The van der Waals surface area contributed by atoms with E-state index in [1.54, 1.807) is 7.05 Å². The quantitative estimate of drug-likeness (QED) is 0.895. The van der Waals surface area contributed by atoms with Crippen LogP contribution in [0.3, 0.4) is 0 Å². The first kappa shape index (κ1) is 15.8. The van der Waals surface area contributed by atoms with Crippen LogP contribution in [-0.2, 0) is 0 Å². The summed E-state index contributed by atoms with van der Waals surface area (Å²) in [6.45, 7) is 8.80. The van der Waals surface area contributed by atoms with Crippen molar-refractivity contribution in [3.05, 3.63) is 29.3 Å². The van der Waals surface area contributed by atoms with E-state index in [0.29, 0.717) is 12.1 Å². The molecule has 2 N–H and O–H groups in total. The lowest BCUT2D eigenvalue weighted by atomic mass is 10.0. The lowest BCUT2D eigenvalue weighted by Crippen LogP contribution is -2.42. The van der Waals surface area contributed by atoms with E-state index < -0.39 is 0 Å². The maximum atomic E-state index is 11.9. The van der Waals surface area contributed by atoms with Crippen LogP contribution < -0.4 is 10.6 Å². The van der Waals surface area contributed by atoms with Gasteiger partial charge < -0.3 is 15.5 Å². The van der Waals surface area contributed by atoms with Crippen LogP contribution in [-0.4, -0.2) is 43.0 Å². The molecule has 0 radical (unpaired) electrons. The summed E-state index contributed by atoms with van der Waals surface area (Å²) in [5.41, 5.74) is 2.87. The van der Waals surface area contributed by atoms with Gasteiger partial charge in [0.25, 0.3) is 5.91 Å². The third kappa shape index (κ3) is 3.76. The Kier molecular flexibility index (Phi) is 5.23. The van der Waals surface area contributed by atoms with Gasteiger partial charge >= 0.3 is 0 Å². The molecule has 1 aliphatic rings. The van der Waals surface area contributed by atoms with E-state index in [1.165, 1.54) is 0 Å². The monoisotopic (exact) mass is 289 g/mol. The Balaban J connectivity index is 2.03. The van der Waals surface area contributed by atoms with Crippen molar-refractivity contribution >= 4 is 11.6 Å². The molecule has 1 aromatic carbocycles. The van der Waals surface area contributed by atoms with Crippen LogP contribution in [0.25, 0.3) is 0 Å². The molecule has 0 aromatic heterocycles. The number of hydrogen-bond acceptors (Lipinski definition) is 3. The van der Waals surface area contributed by atoms with Crippen LogP contribution in [0.15, 0.2) is 18.2 Å². The molecule has 4 heteroatoms. The van der Waals surface area contributed by atoms with Gasteiger partial charge in [-0.15, -0.1) is 0 Å². The topological polar surface area (TPSA) is 44.4 Å². The van der Waals surface area contributed by atoms with Gasteiger partial charge in [0.2, 0.25) is 0 Å². The molecule has 1 aromatic rings. The van der Waals surface area contributed by atoms with Crippen LogP contribution in [0.2, 0.25) is 0 Å². The minimum Gasteiger partial charge on any atom is -0.382 e. The summed E-state index contributed by atoms with van der Waals surface area (Å²) in [4.78, 5) is 14.4. The van der Waals surface area contributed by atoms with Crippen molar-refractivity contribution < 1.29 is 4.79 Å². The van der Waals surface area contributed by atoms with E-state index in [1.807, 2.05) is 19.1 Å². The van der Waals surface area contributed by atoms with Crippen LogP contribution in [0, 0.1) is 6.92 Å². The summed E-state index contributed by atoms with van der Waals surface area (Å²) in [6, 6.07) is 7.02. The molecule has 0 saturated carbocycles. The third-order valence-electron chi connectivity index (χ3n) is 4.42. The maximum Gasteiger partial charge on any atom is 0.251 e. The molecule has 1 heterocycles.